The molecule has 118 valence electrons. The van der Waals surface area contributed by atoms with Crippen molar-refractivity contribution in [2.45, 2.75) is 31.8 Å². The van der Waals surface area contributed by atoms with Crippen molar-refractivity contribution in [3.8, 4) is 0 Å². The summed E-state index contributed by atoms with van der Waals surface area (Å²) < 4.78 is 5.40. The van der Waals surface area contributed by atoms with Gasteiger partial charge >= 0.3 is 0 Å². The molecule has 1 aliphatic rings. The van der Waals surface area contributed by atoms with Gasteiger partial charge in [0.1, 0.15) is 0 Å². The monoisotopic (exact) mass is 292 g/mol. The maximum atomic E-state index is 10.1. The lowest BCUT2D eigenvalue weighted by Crippen LogP contribution is -2.51. The van der Waals surface area contributed by atoms with Crippen molar-refractivity contribution in [1.82, 2.24) is 10.2 Å². The molecule has 1 unspecified atom stereocenters. The quantitative estimate of drug-likeness (QED) is 0.801. The minimum Gasteiger partial charge on any atom is -0.394 e. The third-order valence-electron chi connectivity index (χ3n) is 4.12. The topological polar surface area (TPSA) is 44.7 Å². The average molecular weight is 292 g/mol. The smallest absolute Gasteiger partial charge is 0.0683 e. The number of hydrogen-bond acceptors (Lipinski definition) is 4. The highest BCUT2D eigenvalue weighted by molar-refractivity contribution is 5.25. The molecule has 1 aliphatic heterocycles. The summed E-state index contributed by atoms with van der Waals surface area (Å²) >= 11 is 0. The molecular formula is C17H28N2O2. The molecule has 0 amide bonds. The number of hydrogen-bond donors (Lipinski definition) is 2. The Balaban J connectivity index is 2.10. The summed E-state index contributed by atoms with van der Waals surface area (Å²) in [5, 5.41) is 13.7. The lowest BCUT2D eigenvalue weighted by atomic mass is 9.86. The van der Waals surface area contributed by atoms with Crippen LogP contribution in [0.15, 0.2) is 30.3 Å². The van der Waals surface area contributed by atoms with Gasteiger partial charge < -0.3 is 15.2 Å². The normalized spacial score (nSPS) is 19.6. The molecule has 2 N–H and O–H groups in total. The fourth-order valence-electron chi connectivity index (χ4n) is 3.00. The van der Waals surface area contributed by atoms with Crippen LogP contribution in [0.4, 0.5) is 0 Å². The van der Waals surface area contributed by atoms with E-state index in [0.29, 0.717) is 6.04 Å². The second kappa shape index (κ2) is 7.90. The molecule has 1 heterocycles. The number of aliphatic hydroxyl groups is 1. The number of aliphatic hydroxyl groups excluding tert-OH is 1. The highest BCUT2D eigenvalue weighted by Crippen LogP contribution is 2.26. The molecule has 1 aromatic rings. The molecule has 0 bridgehead atoms. The molecule has 0 radical (unpaired) electrons. The summed E-state index contributed by atoms with van der Waals surface area (Å²) in [7, 11) is 0. The van der Waals surface area contributed by atoms with E-state index in [1.807, 2.05) is 18.2 Å². The van der Waals surface area contributed by atoms with Crippen LogP contribution >= 0.6 is 0 Å². The molecule has 4 heteroatoms. The molecule has 1 fully saturated rings. The van der Waals surface area contributed by atoms with E-state index in [-0.39, 0.29) is 12.1 Å². The fraction of sp³-hybridized carbons (Fsp3) is 0.647. The summed E-state index contributed by atoms with van der Waals surface area (Å²) in [5.74, 6) is 0. The second-order valence-electron chi connectivity index (χ2n) is 6.11. The highest BCUT2D eigenvalue weighted by atomic mass is 16.5. The van der Waals surface area contributed by atoms with Gasteiger partial charge in [-0.15, -0.1) is 0 Å². The van der Waals surface area contributed by atoms with Crippen molar-refractivity contribution >= 4 is 0 Å². The zero-order chi connectivity index (χ0) is 15.1. The van der Waals surface area contributed by atoms with Gasteiger partial charge in [-0.3, -0.25) is 4.90 Å². The van der Waals surface area contributed by atoms with Crippen LogP contribution in [0.25, 0.3) is 0 Å². The fourth-order valence-corrected chi connectivity index (χ4v) is 3.00. The molecule has 4 nitrogen and oxygen atoms in total. The Bertz CT molecular complexity index is 405. The average Bonchev–Trinajstić information content (AvgIpc) is 2.53. The van der Waals surface area contributed by atoms with E-state index in [1.54, 1.807) is 0 Å². The molecule has 1 aromatic carbocycles. The Hall–Kier alpha value is -0.940. The third-order valence-corrected chi connectivity index (χ3v) is 4.12. The van der Waals surface area contributed by atoms with Gasteiger partial charge in [-0.1, -0.05) is 30.3 Å². The van der Waals surface area contributed by atoms with Gasteiger partial charge in [0.2, 0.25) is 0 Å². The van der Waals surface area contributed by atoms with Crippen LogP contribution in [0.5, 0.6) is 0 Å². The molecule has 0 aromatic heterocycles. The van der Waals surface area contributed by atoms with Crippen LogP contribution in [0.3, 0.4) is 0 Å². The van der Waals surface area contributed by atoms with Crippen LogP contribution in [0.1, 0.15) is 25.8 Å². The minimum absolute atomic E-state index is 0.111. The lowest BCUT2D eigenvalue weighted by molar-refractivity contribution is 0.0290. The maximum Gasteiger partial charge on any atom is 0.0683 e. The summed E-state index contributed by atoms with van der Waals surface area (Å²) in [6.45, 7) is 8.93. The van der Waals surface area contributed by atoms with Crippen LogP contribution in [-0.2, 0) is 10.3 Å². The van der Waals surface area contributed by atoms with Crippen molar-refractivity contribution in [2.24, 2.45) is 0 Å². The van der Waals surface area contributed by atoms with Gasteiger partial charge in [-0.05, 0) is 25.8 Å². The van der Waals surface area contributed by atoms with Crippen LogP contribution in [0.2, 0.25) is 0 Å². The Morgan fingerprint density at radius 2 is 1.90 bits per heavy atom. The molecular weight excluding hydrogens is 264 g/mol. The number of ether oxygens (including phenoxy) is 1. The van der Waals surface area contributed by atoms with Crippen molar-refractivity contribution in [1.29, 1.82) is 0 Å². The Morgan fingerprint density at radius 3 is 2.48 bits per heavy atom. The third kappa shape index (κ3) is 4.51. The first-order valence-corrected chi connectivity index (χ1v) is 7.90. The Kier molecular flexibility index (Phi) is 6.18. The highest BCUT2D eigenvalue weighted by Gasteiger charge is 2.32. The van der Waals surface area contributed by atoms with E-state index in [4.69, 9.17) is 4.74 Å². The first-order valence-electron chi connectivity index (χ1n) is 7.90. The Labute approximate surface area is 128 Å². The van der Waals surface area contributed by atoms with Gasteiger partial charge in [0.25, 0.3) is 0 Å². The predicted octanol–water partition coefficient (Wildman–Crippen LogP) is 1.59. The Morgan fingerprint density at radius 1 is 1.24 bits per heavy atom. The van der Waals surface area contributed by atoms with Gasteiger partial charge in [0, 0.05) is 25.7 Å². The van der Waals surface area contributed by atoms with Crippen LogP contribution in [-0.4, -0.2) is 55.5 Å². The summed E-state index contributed by atoms with van der Waals surface area (Å²) in [6, 6.07) is 10.6. The van der Waals surface area contributed by atoms with Crippen LogP contribution < -0.4 is 5.32 Å². The summed E-state index contributed by atoms with van der Waals surface area (Å²) in [4.78, 5) is 2.42. The molecule has 1 atom stereocenters. The number of rotatable bonds is 7. The molecule has 1 saturated heterocycles. The predicted molar refractivity (Wildman–Crippen MR) is 85.4 cm³/mol. The minimum atomic E-state index is -0.367. The zero-order valence-corrected chi connectivity index (χ0v) is 13.2. The summed E-state index contributed by atoms with van der Waals surface area (Å²) in [5.41, 5.74) is 0.794. The van der Waals surface area contributed by atoms with Gasteiger partial charge in [0.15, 0.2) is 0 Å². The van der Waals surface area contributed by atoms with E-state index in [0.717, 1.165) is 44.8 Å². The van der Waals surface area contributed by atoms with E-state index < -0.39 is 0 Å². The van der Waals surface area contributed by atoms with E-state index in [1.165, 1.54) is 0 Å². The van der Waals surface area contributed by atoms with Crippen molar-refractivity contribution in [3.05, 3.63) is 35.9 Å². The molecule has 21 heavy (non-hydrogen) atoms. The maximum absolute atomic E-state index is 10.1. The van der Waals surface area contributed by atoms with Gasteiger partial charge in [0.05, 0.1) is 25.4 Å². The van der Waals surface area contributed by atoms with E-state index in [2.05, 4.69) is 36.2 Å². The van der Waals surface area contributed by atoms with Crippen molar-refractivity contribution in [2.75, 3.05) is 39.5 Å². The second-order valence-corrected chi connectivity index (χ2v) is 6.11. The lowest BCUT2D eigenvalue weighted by Gasteiger charge is -2.38. The molecule has 0 spiro atoms. The largest absolute Gasteiger partial charge is 0.394 e. The molecule has 0 saturated carbocycles. The van der Waals surface area contributed by atoms with Crippen molar-refractivity contribution < 1.29 is 9.84 Å². The number of morpholine rings is 1. The van der Waals surface area contributed by atoms with E-state index in [9.17, 15) is 5.11 Å². The number of benzene rings is 1. The standard InChI is InChI=1S/C17H28N2O2/c1-15(2)18-17(14-20,16-6-4-3-5-7-16)8-9-19-10-12-21-13-11-19/h3-7,15,18,20H,8-14H2,1-2H3. The molecule has 0 aliphatic carbocycles. The van der Waals surface area contributed by atoms with Gasteiger partial charge in [-0.2, -0.15) is 0 Å². The number of nitrogens with one attached hydrogen (secondary N) is 1. The van der Waals surface area contributed by atoms with Crippen molar-refractivity contribution in [3.63, 3.8) is 0 Å². The first-order chi connectivity index (χ1) is 10.2. The van der Waals surface area contributed by atoms with Gasteiger partial charge in [-0.25, -0.2) is 0 Å². The zero-order valence-electron chi connectivity index (χ0n) is 13.2. The summed E-state index contributed by atoms with van der Waals surface area (Å²) in [6.07, 6.45) is 0.895. The number of nitrogens with zero attached hydrogens (tertiary/aromatic N) is 1. The SMILES string of the molecule is CC(C)NC(CO)(CCN1CCOCC1)c1ccccc1. The first kappa shape index (κ1) is 16.4. The molecule has 2 rings (SSSR count). The van der Waals surface area contributed by atoms with Crippen LogP contribution in [0, 0.1) is 0 Å². The van der Waals surface area contributed by atoms with E-state index >= 15 is 0 Å².